The molecule has 1 aliphatic rings. The highest BCUT2D eigenvalue weighted by Gasteiger charge is 2.11. The molecule has 0 bridgehead atoms. The quantitative estimate of drug-likeness (QED) is 0.383. The van der Waals surface area contributed by atoms with E-state index in [0.29, 0.717) is 45.5 Å². The van der Waals surface area contributed by atoms with Crippen molar-refractivity contribution >= 4 is 11.6 Å². The molecule has 2 aromatic rings. The van der Waals surface area contributed by atoms with Crippen LogP contribution in [0.25, 0.3) is 0 Å². The van der Waals surface area contributed by atoms with Crippen molar-refractivity contribution in [2.24, 2.45) is 4.99 Å². The smallest absolute Gasteiger partial charge is 0.195 e. The van der Waals surface area contributed by atoms with Crippen LogP contribution in [0.2, 0.25) is 0 Å². The Hall–Kier alpha value is -2.93. The second-order valence-corrected chi connectivity index (χ2v) is 6.50. The summed E-state index contributed by atoms with van der Waals surface area (Å²) < 4.78 is 22.3. The van der Waals surface area contributed by atoms with E-state index in [-0.39, 0.29) is 0 Å². The number of ether oxygens (including phenoxy) is 4. The first kappa shape index (κ1) is 20.8. The Morgan fingerprint density at radius 3 is 2.69 bits per heavy atom. The topological polar surface area (TPSA) is 73.3 Å². The lowest BCUT2D eigenvalue weighted by atomic mass is 10.3. The first-order chi connectivity index (χ1) is 14.3. The number of nitrogens with zero attached hydrogens (tertiary/aromatic N) is 1. The van der Waals surface area contributed by atoms with Crippen molar-refractivity contribution in [3.05, 3.63) is 48.5 Å². The van der Waals surface area contributed by atoms with Gasteiger partial charge in [0.1, 0.15) is 5.75 Å². The minimum Gasteiger partial charge on any atom is -0.494 e. The average Bonchev–Trinajstić information content (AvgIpc) is 2.99. The molecular weight excluding hydrogens is 370 g/mol. The first-order valence-electron chi connectivity index (χ1n) is 9.97. The molecule has 0 saturated carbocycles. The van der Waals surface area contributed by atoms with Gasteiger partial charge in [0, 0.05) is 44.8 Å². The molecule has 0 fully saturated rings. The van der Waals surface area contributed by atoms with Gasteiger partial charge < -0.3 is 29.6 Å². The Balaban J connectivity index is 1.54. The Labute approximate surface area is 172 Å². The third kappa shape index (κ3) is 7.19. The number of nitrogens with one attached hydrogen (secondary N) is 2. The van der Waals surface area contributed by atoms with E-state index in [1.807, 2.05) is 48.5 Å². The largest absolute Gasteiger partial charge is 0.494 e. The van der Waals surface area contributed by atoms with Crippen LogP contribution in [-0.2, 0) is 4.74 Å². The van der Waals surface area contributed by atoms with E-state index in [0.717, 1.165) is 35.8 Å². The zero-order chi connectivity index (χ0) is 20.2. The van der Waals surface area contributed by atoms with E-state index < -0.39 is 0 Å². The van der Waals surface area contributed by atoms with E-state index in [1.165, 1.54) is 0 Å². The highest BCUT2D eigenvalue weighted by molar-refractivity contribution is 5.93. The van der Waals surface area contributed by atoms with Gasteiger partial charge in [0.15, 0.2) is 17.5 Å². The third-order valence-electron chi connectivity index (χ3n) is 4.19. The lowest BCUT2D eigenvalue weighted by Crippen LogP contribution is -2.33. The number of methoxy groups -OCH3 is 1. The number of aliphatic imine (C=N–C) groups is 1. The SMILES string of the molecule is COCCNC(=NCCCOc1ccccc1)Nc1ccc2c(c1)OCCCO2. The summed E-state index contributed by atoms with van der Waals surface area (Å²) in [4.78, 5) is 4.64. The molecule has 0 aliphatic carbocycles. The van der Waals surface area contributed by atoms with Gasteiger partial charge in [-0.05, 0) is 24.3 Å². The monoisotopic (exact) mass is 399 g/mol. The molecule has 29 heavy (non-hydrogen) atoms. The molecule has 3 rings (SSSR count). The van der Waals surface area contributed by atoms with Crippen molar-refractivity contribution in [1.29, 1.82) is 0 Å². The summed E-state index contributed by atoms with van der Waals surface area (Å²) in [6.07, 6.45) is 1.70. The fourth-order valence-corrected chi connectivity index (χ4v) is 2.75. The molecule has 0 atom stereocenters. The maximum Gasteiger partial charge on any atom is 0.195 e. The van der Waals surface area contributed by atoms with Crippen molar-refractivity contribution in [2.75, 3.05) is 51.9 Å². The molecule has 0 unspecified atom stereocenters. The summed E-state index contributed by atoms with van der Waals surface area (Å²) in [5.41, 5.74) is 0.887. The molecule has 7 nitrogen and oxygen atoms in total. The van der Waals surface area contributed by atoms with Crippen LogP contribution in [0.3, 0.4) is 0 Å². The highest BCUT2D eigenvalue weighted by Crippen LogP contribution is 2.32. The maximum atomic E-state index is 5.76. The predicted octanol–water partition coefficient (Wildman–Crippen LogP) is 3.32. The van der Waals surface area contributed by atoms with Gasteiger partial charge in [-0.1, -0.05) is 18.2 Å². The summed E-state index contributed by atoms with van der Waals surface area (Å²) >= 11 is 0. The molecule has 2 aromatic carbocycles. The van der Waals surface area contributed by atoms with Crippen LogP contribution >= 0.6 is 0 Å². The highest BCUT2D eigenvalue weighted by atomic mass is 16.5. The standard InChI is InChI=1S/C22H29N3O4/c1-26-16-12-24-22(23-11-5-13-27-19-7-3-2-4-8-19)25-18-9-10-20-21(17-18)29-15-6-14-28-20/h2-4,7-10,17H,5-6,11-16H2,1H3,(H2,23,24,25). The van der Waals surface area contributed by atoms with E-state index in [4.69, 9.17) is 18.9 Å². The zero-order valence-electron chi connectivity index (χ0n) is 16.9. The number of guanidine groups is 1. The number of para-hydroxylation sites is 1. The predicted molar refractivity (Wildman–Crippen MR) is 114 cm³/mol. The van der Waals surface area contributed by atoms with Crippen LogP contribution in [0.4, 0.5) is 5.69 Å². The number of rotatable bonds is 9. The summed E-state index contributed by atoms with van der Waals surface area (Å²) in [7, 11) is 1.68. The molecule has 2 N–H and O–H groups in total. The third-order valence-corrected chi connectivity index (χ3v) is 4.19. The summed E-state index contributed by atoms with van der Waals surface area (Å²) in [6.45, 7) is 3.84. The average molecular weight is 399 g/mol. The molecule has 1 heterocycles. The fraction of sp³-hybridized carbons (Fsp3) is 0.409. The van der Waals surface area contributed by atoms with E-state index in [1.54, 1.807) is 7.11 Å². The molecule has 0 aromatic heterocycles. The minimum atomic E-state index is 0.596. The van der Waals surface area contributed by atoms with Crippen molar-refractivity contribution in [3.8, 4) is 17.2 Å². The Morgan fingerprint density at radius 2 is 1.86 bits per heavy atom. The molecule has 1 aliphatic heterocycles. The zero-order valence-corrected chi connectivity index (χ0v) is 16.9. The summed E-state index contributed by atoms with van der Waals surface area (Å²) in [6, 6.07) is 15.6. The van der Waals surface area contributed by atoms with Crippen LogP contribution in [0.15, 0.2) is 53.5 Å². The molecule has 7 heteroatoms. The molecular formula is C22H29N3O4. The van der Waals surface area contributed by atoms with Gasteiger partial charge in [-0.2, -0.15) is 0 Å². The van der Waals surface area contributed by atoms with Crippen LogP contribution in [-0.4, -0.2) is 52.6 Å². The first-order valence-corrected chi connectivity index (χ1v) is 9.97. The van der Waals surface area contributed by atoms with Gasteiger partial charge in [0.05, 0.1) is 26.4 Å². The lowest BCUT2D eigenvalue weighted by molar-refractivity contribution is 0.204. The molecule has 0 amide bonds. The second-order valence-electron chi connectivity index (χ2n) is 6.50. The summed E-state index contributed by atoms with van der Waals surface area (Å²) in [5.74, 6) is 3.09. The van der Waals surface area contributed by atoms with Gasteiger partial charge in [0.25, 0.3) is 0 Å². The minimum absolute atomic E-state index is 0.596. The number of anilines is 1. The summed E-state index contributed by atoms with van der Waals surface area (Å²) in [5, 5.41) is 6.60. The van der Waals surface area contributed by atoms with Crippen LogP contribution in [0, 0.1) is 0 Å². The Morgan fingerprint density at radius 1 is 1.03 bits per heavy atom. The normalized spacial score (nSPS) is 13.5. The van der Waals surface area contributed by atoms with Crippen LogP contribution in [0.5, 0.6) is 17.2 Å². The Bertz CT molecular complexity index is 768. The molecule has 0 spiro atoms. The van der Waals surface area contributed by atoms with Crippen molar-refractivity contribution in [2.45, 2.75) is 12.8 Å². The van der Waals surface area contributed by atoms with Gasteiger partial charge in [-0.25, -0.2) is 0 Å². The Kier molecular flexibility index (Phi) is 8.47. The number of benzene rings is 2. The van der Waals surface area contributed by atoms with Crippen LogP contribution in [0.1, 0.15) is 12.8 Å². The lowest BCUT2D eigenvalue weighted by Gasteiger charge is -2.14. The second kappa shape index (κ2) is 11.8. The van der Waals surface area contributed by atoms with Gasteiger partial charge in [0.2, 0.25) is 0 Å². The van der Waals surface area contributed by atoms with Gasteiger partial charge in [-0.3, -0.25) is 4.99 Å². The van der Waals surface area contributed by atoms with Crippen LogP contribution < -0.4 is 24.8 Å². The van der Waals surface area contributed by atoms with Crippen molar-refractivity contribution in [1.82, 2.24) is 5.32 Å². The van der Waals surface area contributed by atoms with E-state index >= 15 is 0 Å². The van der Waals surface area contributed by atoms with E-state index in [2.05, 4.69) is 15.6 Å². The molecule has 156 valence electrons. The number of hydrogen-bond donors (Lipinski definition) is 2. The van der Waals surface area contributed by atoms with Crippen molar-refractivity contribution in [3.63, 3.8) is 0 Å². The maximum absolute atomic E-state index is 5.76. The van der Waals surface area contributed by atoms with E-state index in [9.17, 15) is 0 Å². The molecule has 0 saturated heterocycles. The van der Waals surface area contributed by atoms with Gasteiger partial charge in [-0.15, -0.1) is 0 Å². The van der Waals surface area contributed by atoms with Crippen molar-refractivity contribution < 1.29 is 18.9 Å². The number of fused-ring (bicyclic) bond motifs is 1. The van der Waals surface area contributed by atoms with Gasteiger partial charge >= 0.3 is 0 Å². The molecule has 0 radical (unpaired) electrons. The fourth-order valence-electron chi connectivity index (χ4n) is 2.75. The number of hydrogen-bond acceptors (Lipinski definition) is 5.